The minimum Gasteiger partial charge on any atom is -0.384 e. The molecule has 1 aliphatic carbocycles. The van der Waals surface area contributed by atoms with Crippen LogP contribution in [0.3, 0.4) is 0 Å². The van der Waals surface area contributed by atoms with Gasteiger partial charge in [-0.2, -0.15) is 0 Å². The molecular formula is C15H16N2. The first kappa shape index (κ1) is 10.3. The largest absolute Gasteiger partial charge is 0.384 e. The number of benzene rings is 1. The smallest absolute Gasteiger partial charge is 0.124 e. The van der Waals surface area contributed by atoms with E-state index in [1.165, 1.54) is 30.4 Å². The van der Waals surface area contributed by atoms with Crippen LogP contribution in [-0.2, 0) is 0 Å². The summed E-state index contributed by atoms with van der Waals surface area (Å²) in [4.78, 5) is 4.37. The molecule has 1 aliphatic rings. The predicted molar refractivity (Wildman–Crippen MR) is 70.7 cm³/mol. The van der Waals surface area contributed by atoms with Gasteiger partial charge in [0.05, 0.1) is 5.69 Å². The number of hydrogen-bond donors (Lipinski definition) is 1. The lowest BCUT2D eigenvalue weighted by atomic mass is 9.79. The zero-order valence-corrected chi connectivity index (χ0v) is 9.76. The lowest BCUT2D eigenvalue weighted by Gasteiger charge is -2.26. The first-order valence-electron chi connectivity index (χ1n) is 6.16. The van der Waals surface area contributed by atoms with Gasteiger partial charge in [0.2, 0.25) is 0 Å². The van der Waals surface area contributed by atoms with E-state index in [0.29, 0.717) is 5.82 Å². The van der Waals surface area contributed by atoms with Crippen LogP contribution in [0.15, 0.2) is 42.5 Å². The number of hydrogen-bond acceptors (Lipinski definition) is 2. The van der Waals surface area contributed by atoms with Crippen molar-refractivity contribution in [2.24, 2.45) is 0 Å². The average Bonchev–Trinajstić information content (AvgIpc) is 2.27. The fourth-order valence-electron chi connectivity index (χ4n) is 2.31. The van der Waals surface area contributed by atoms with E-state index in [2.05, 4.69) is 29.2 Å². The van der Waals surface area contributed by atoms with Crippen molar-refractivity contribution in [1.29, 1.82) is 0 Å². The zero-order chi connectivity index (χ0) is 11.7. The Labute approximate surface area is 102 Å². The number of nitrogens with two attached hydrogens (primary N) is 1. The first-order valence-corrected chi connectivity index (χ1v) is 6.16. The summed E-state index contributed by atoms with van der Waals surface area (Å²) < 4.78 is 0. The number of aromatic nitrogens is 1. The maximum absolute atomic E-state index is 5.72. The number of pyridine rings is 1. The van der Waals surface area contributed by atoms with Gasteiger partial charge in [-0.25, -0.2) is 4.98 Å². The van der Waals surface area contributed by atoms with E-state index < -0.39 is 0 Å². The molecule has 17 heavy (non-hydrogen) atoms. The number of nitrogens with zero attached hydrogens (tertiary/aromatic N) is 1. The van der Waals surface area contributed by atoms with Crippen LogP contribution >= 0.6 is 0 Å². The van der Waals surface area contributed by atoms with Gasteiger partial charge in [-0.15, -0.1) is 0 Å². The van der Waals surface area contributed by atoms with Crippen LogP contribution in [0.2, 0.25) is 0 Å². The Morgan fingerprint density at radius 2 is 1.88 bits per heavy atom. The second-order valence-corrected chi connectivity index (χ2v) is 4.70. The van der Waals surface area contributed by atoms with Crippen LogP contribution in [0.5, 0.6) is 0 Å². The van der Waals surface area contributed by atoms with Crippen LogP contribution in [0, 0.1) is 0 Å². The monoisotopic (exact) mass is 224 g/mol. The van der Waals surface area contributed by atoms with Crippen molar-refractivity contribution in [3.63, 3.8) is 0 Å². The van der Waals surface area contributed by atoms with Crippen molar-refractivity contribution in [3.8, 4) is 11.3 Å². The summed E-state index contributed by atoms with van der Waals surface area (Å²) in [6.07, 6.45) is 4.02. The Balaban J connectivity index is 1.97. The number of anilines is 1. The van der Waals surface area contributed by atoms with E-state index in [0.717, 1.165) is 11.6 Å². The second-order valence-electron chi connectivity index (χ2n) is 4.70. The van der Waals surface area contributed by atoms with Crippen LogP contribution in [0.25, 0.3) is 11.3 Å². The van der Waals surface area contributed by atoms with Gasteiger partial charge in [-0.3, -0.25) is 0 Å². The lowest BCUT2D eigenvalue weighted by Crippen LogP contribution is -2.08. The Morgan fingerprint density at radius 1 is 1.06 bits per heavy atom. The van der Waals surface area contributed by atoms with E-state index >= 15 is 0 Å². The van der Waals surface area contributed by atoms with E-state index in [1.807, 2.05) is 18.2 Å². The Kier molecular flexibility index (Phi) is 2.56. The van der Waals surface area contributed by atoms with Crippen molar-refractivity contribution in [1.82, 2.24) is 4.98 Å². The molecule has 86 valence electrons. The van der Waals surface area contributed by atoms with Crippen molar-refractivity contribution >= 4 is 5.82 Å². The summed E-state index contributed by atoms with van der Waals surface area (Å²) in [7, 11) is 0. The third-order valence-corrected chi connectivity index (χ3v) is 3.53. The van der Waals surface area contributed by atoms with Crippen molar-refractivity contribution < 1.29 is 0 Å². The summed E-state index contributed by atoms with van der Waals surface area (Å²) in [5, 5.41) is 0. The molecule has 1 heterocycles. The van der Waals surface area contributed by atoms with Gasteiger partial charge >= 0.3 is 0 Å². The van der Waals surface area contributed by atoms with Gasteiger partial charge in [-0.1, -0.05) is 30.7 Å². The van der Waals surface area contributed by atoms with Gasteiger partial charge in [0.15, 0.2) is 0 Å². The maximum atomic E-state index is 5.72. The quantitative estimate of drug-likeness (QED) is 0.846. The fraction of sp³-hybridized carbons (Fsp3) is 0.267. The van der Waals surface area contributed by atoms with Gasteiger partial charge in [0.1, 0.15) is 5.82 Å². The SMILES string of the molecule is Nc1cccc(-c2cccc(C3CCC3)c2)n1. The molecule has 0 saturated heterocycles. The van der Waals surface area contributed by atoms with Gasteiger partial charge in [0, 0.05) is 5.56 Å². The molecule has 2 heteroatoms. The molecular weight excluding hydrogens is 208 g/mol. The lowest BCUT2D eigenvalue weighted by molar-refractivity contribution is 0.420. The van der Waals surface area contributed by atoms with Crippen molar-refractivity contribution in [3.05, 3.63) is 48.0 Å². The third-order valence-electron chi connectivity index (χ3n) is 3.53. The van der Waals surface area contributed by atoms with E-state index in [9.17, 15) is 0 Å². The molecule has 0 unspecified atom stereocenters. The summed E-state index contributed by atoms with van der Waals surface area (Å²) in [6.45, 7) is 0. The molecule has 3 rings (SSSR count). The number of rotatable bonds is 2. The molecule has 2 aromatic rings. The Morgan fingerprint density at radius 3 is 2.59 bits per heavy atom. The van der Waals surface area contributed by atoms with E-state index in [4.69, 9.17) is 5.73 Å². The van der Waals surface area contributed by atoms with Crippen LogP contribution in [0.1, 0.15) is 30.7 Å². The second kappa shape index (κ2) is 4.21. The standard InChI is InChI=1S/C15H16N2/c16-15-9-3-8-14(17-15)13-7-2-6-12(10-13)11-4-1-5-11/h2-3,6-11H,1,4-5H2,(H2,16,17). The summed E-state index contributed by atoms with van der Waals surface area (Å²) in [5.74, 6) is 1.34. The summed E-state index contributed by atoms with van der Waals surface area (Å²) in [6, 6.07) is 14.5. The highest BCUT2D eigenvalue weighted by atomic mass is 14.8. The molecule has 0 bridgehead atoms. The van der Waals surface area contributed by atoms with Gasteiger partial charge in [-0.05, 0) is 42.5 Å². The van der Waals surface area contributed by atoms with Crippen LogP contribution in [-0.4, -0.2) is 4.98 Å². The van der Waals surface area contributed by atoms with E-state index in [1.54, 1.807) is 0 Å². The molecule has 0 spiro atoms. The first-order chi connectivity index (χ1) is 8.33. The minimum absolute atomic E-state index is 0.580. The highest BCUT2D eigenvalue weighted by molar-refractivity contribution is 5.61. The molecule has 2 N–H and O–H groups in total. The highest BCUT2D eigenvalue weighted by Crippen LogP contribution is 2.37. The Bertz CT molecular complexity index is 530. The minimum atomic E-state index is 0.580. The molecule has 1 aromatic heterocycles. The van der Waals surface area contributed by atoms with Crippen LogP contribution in [0.4, 0.5) is 5.82 Å². The van der Waals surface area contributed by atoms with Gasteiger partial charge < -0.3 is 5.73 Å². The highest BCUT2D eigenvalue weighted by Gasteiger charge is 2.19. The van der Waals surface area contributed by atoms with Crippen LogP contribution < -0.4 is 5.73 Å². The zero-order valence-electron chi connectivity index (χ0n) is 9.76. The topological polar surface area (TPSA) is 38.9 Å². The molecule has 0 amide bonds. The normalized spacial score (nSPS) is 15.5. The average molecular weight is 224 g/mol. The maximum Gasteiger partial charge on any atom is 0.124 e. The Hall–Kier alpha value is -1.83. The van der Waals surface area contributed by atoms with Crippen molar-refractivity contribution in [2.45, 2.75) is 25.2 Å². The molecule has 1 saturated carbocycles. The predicted octanol–water partition coefficient (Wildman–Crippen LogP) is 3.60. The molecule has 0 aliphatic heterocycles. The van der Waals surface area contributed by atoms with E-state index in [-0.39, 0.29) is 0 Å². The molecule has 1 aromatic carbocycles. The summed E-state index contributed by atoms with van der Waals surface area (Å²) in [5.41, 5.74) is 9.29. The third kappa shape index (κ3) is 2.03. The van der Waals surface area contributed by atoms with Crippen molar-refractivity contribution in [2.75, 3.05) is 5.73 Å². The summed E-state index contributed by atoms with van der Waals surface area (Å²) >= 11 is 0. The number of nitrogen functional groups attached to an aromatic ring is 1. The molecule has 1 fully saturated rings. The fourth-order valence-corrected chi connectivity index (χ4v) is 2.31. The molecule has 2 nitrogen and oxygen atoms in total. The molecule has 0 radical (unpaired) electrons. The van der Waals surface area contributed by atoms with Gasteiger partial charge in [0.25, 0.3) is 0 Å². The molecule has 0 atom stereocenters.